The van der Waals surface area contributed by atoms with Crippen LogP contribution in [0.2, 0.25) is 5.02 Å². The van der Waals surface area contributed by atoms with Gasteiger partial charge in [-0.05, 0) is 18.2 Å². The first-order valence-corrected chi connectivity index (χ1v) is 3.99. The first-order valence-electron chi connectivity index (χ1n) is 3.62. The predicted octanol–water partition coefficient (Wildman–Crippen LogP) is 1.50. The summed E-state index contributed by atoms with van der Waals surface area (Å²) < 4.78 is 0. The molecule has 3 heteroatoms. The molecule has 0 aromatic heterocycles. The van der Waals surface area contributed by atoms with Crippen LogP contribution in [-0.2, 0) is 0 Å². The summed E-state index contributed by atoms with van der Waals surface area (Å²) in [6.45, 7) is -0.205. The van der Waals surface area contributed by atoms with E-state index in [2.05, 4.69) is 11.8 Å². The topological polar surface area (TPSA) is 37.3 Å². The number of hydrogen-bond acceptors (Lipinski definition) is 2. The van der Waals surface area contributed by atoms with Gasteiger partial charge in [0.1, 0.15) is 12.9 Å². The van der Waals surface area contributed by atoms with E-state index in [0.29, 0.717) is 22.4 Å². The molecule has 0 atom stereocenters. The molecule has 13 heavy (non-hydrogen) atoms. The predicted molar refractivity (Wildman–Crippen MR) is 50.8 cm³/mol. The lowest BCUT2D eigenvalue weighted by Gasteiger charge is -1.94. The fourth-order valence-electron chi connectivity index (χ4n) is 0.894. The molecule has 0 bridgehead atoms. The molecule has 0 saturated heterocycles. The molecule has 0 spiro atoms. The third-order valence-corrected chi connectivity index (χ3v) is 1.59. The Hall–Kier alpha value is -1.30. The zero-order valence-electron chi connectivity index (χ0n) is 6.75. The van der Waals surface area contributed by atoms with E-state index < -0.39 is 0 Å². The second kappa shape index (κ2) is 4.66. The zero-order valence-corrected chi connectivity index (χ0v) is 7.51. The highest BCUT2D eigenvalue weighted by atomic mass is 35.5. The lowest BCUT2D eigenvalue weighted by atomic mass is 10.1. The lowest BCUT2D eigenvalue weighted by molar-refractivity contribution is 0.112. The first-order chi connectivity index (χ1) is 6.26. The van der Waals surface area contributed by atoms with Gasteiger partial charge in [0.05, 0.1) is 0 Å². The van der Waals surface area contributed by atoms with Gasteiger partial charge >= 0.3 is 0 Å². The van der Waals surface area contributed by atoms with Crippen LogP contribution >= 0.6 is 11.6 Å². The number of rotatable bonds is 1. The molecule has 0 aliphatic rings. The van der Waals surface area contributed by atoms with E-state index in [1.165, 1.54) is 0 Å². The minimum absolute atomic E-state index is 0.205. The summed E-state index contributed by atoms with van der Waals surface area (Å²) in [7, 11) is 0. The van der Waals surface area contributed by atoms with Gasteiger partial charge in [0.15, 0.2) is 0 Å². The number of benzene rings is 1. The van der Waals surface area contributed by atoms with Crippen LogP contribution in [0.4, 0.5) is 0 Å². The van der Waals surface area contributed by atoms with Crippen molar-refractivity contribution in [3.63, 3.8) is 0 Å². The summed E-state index contributed by atoms with van der Waals surface area (Å²) in [5.41, 5.74) is 1.11. The fourth-order valence-corrected chi connectivity index (χ4v) is 1.14. The first kappa shape index (κ1) is 9.79. The van der Waals surface area contributed by atoms with E-state index in [1.807, 2.05) is 0 Å². The van der Waals surface area contributed by atoms with Gasteiger partial charge in [-0.15, -0.1) is 0 Å². The molecule has 0 radical (unpaired) electrons. The van der Waals surface area contributed by atoms with Crippen molar-refractivity contribution in [1.29, 1.82) is 0 Å². The number of hydrogen-bond donors (Lipinski definition) is 1. The summed E-state index contributed by atoms with van der Waals surface area (Å²) in [6, 6.07) is 4.80. The molecule has 66 valence electrons. The number of aldehydes is 1. The van der Waals surface area contributed by atoms with E-state index in [1.54, 1.807) is 18.2 Å². The normalized spacial score (nSPS) is 8.77. The van der Waals surface area contributed by atoms with E-state index in [4.69, 9.17) is 16.7 Å². The van der Waals surface area contributed by atoms with Crippen molar-refractivity contribution in [2.75, 3.05) is 6.61 Å². The van der Waals surface area contributed by atoms with Crippen LogP contribution < -0.4 is 0 Å². The Morgan fingerprint density at radius 2 is 2.23 bits per heavy atom. The van der Waals surface area contributed by atoms with Crippen molar-refractivity contribution in [3.8, 4) is 11.8 Å². The van der Waals surface area contributed by atoms with Gasteiger partial charge in [0.25, 0.3) is 0 Å². The highest BCUT2D eigenvalue weighted by Gasteiger charge is 1.95. The van der Waals surface area contributed by atoms with Crippen molar-refractivity contribution in [2.45, 2.75) is 0 Å². The second-order valence-electron chi connectivity index (χ2n) is 2.35. The molecule has 1 N–H and O–H groups in total. The maximum atomic E-state index is 10.4. The highest BCUT2D eigenvalue weighted by Crippen LogP contribution is 2.13. The van der Waals surface area contributed by atoms with Gasteiger partial charge in [-0.2, -0.15) is 0 Å². The monoisotopic (exact) mass is 194 g/mol. The molecule has 0 fully saturated rings. The fraction of sp³-hybridized carbons (Fsp3) is 0.100. The van der Waals surface area contributed by atoms with Crippen LogP contribution in [0, 0.1) is 11.8 Å². The van der Waals surface area contributed by atoms with Gasteiger partial charge in [-0.3, -0.25) is 4.79 Å². The Bertz CT molecular complexity index is 374. The molecule has 0 saturated carbocycles. The Kier molecular flexibility index (Phi) is 3.51. The molecule has 1 aromatic rings. The maximum Gasteiger partial charge on any atom is 0.150 e. The number of halogens is 1. The summed E-state index contributed by atoms with van der Waals surface area (Å²) in [4.78, 5) is 10.4. The van der Waals surface area contributed by atoms with E-state index in [-0.39, 0.29) is 6.61 Å². The van der Waals surface area contributed by atoms with Crippen LogP contribution in [0.1, 0.15) is 15.9 Å². The molecule has 2 nitrogen and oxygen atoms in total. The van der Waals surface area contributed by atoms with Crippen molar-refractivity contribution in [1.82, 2.24) is 0 Å². The van der Waals surface area contributed by atoms with Gasteiger partial charge < -0.3 is 5.11 Å². The van der Waals surface area contributed by atoms with Crippen LogP contribution in [0.25, 0.3) is 0 Å². The highest BCUT2D eigenvalue weighted by molar-refractivity contribution is 6.31. The molecule has 0 aliphatic heterocycles. The zero-order chi connectivity index (χ0) is 9.68. The van der Waals surface area contributed by atoms with Gasteiger partial charge in [-0.25, -0.2) is 0 Å². The quantitative estimate of drug-likeness (QED) is 0.544. The number of carbonyl (C=O) groups excluding carboxylic acids is 1. The van der Waals surface area contributed by atoms with E-state index >= 15 is 0 Å². The number of aliphatic hydroxyl groups is 1. The molecular weight excluding hydrogens is 188 g/mol. The third kappa shape index (κ3) is 2.90. The Morgan fingerprint density at radius 1 is 1.46 bits per heavy atom. The van der Waals surface area contributed by atoms with Gasteiger partial charge in [0, 0.05) is 16.1 Å². The van der Waals surface area contributed by atoms with E-state index in [9.17, 15) is 4.79 Å². The largest absolute Gasteiger partial charge is 0.384 e. The minimum atomic E-state index is -0.205. The SMILES string of the molecule is O=Cc1cc(Cl)cc(C#CCO)c1. The van der Waals surface area contributed by atoms with Crippen LogP contribution in [-0.4, -0.2) is 18.0 Å². The smallest absolute Gasteiger partial charge is 0.150 e. The van der Waals surface area contributed by atoms with Gasteiger partial charge in [-0.1, -0.05) is 23.4 Å². The van der Waals surface area contributed by atoms with Crippen molar-refractivity contribution in [2.24, 2.45) is 0 Å². The Morgan fingerprint density at radius 3 is 2.85 bits per heavy atom. The summed E-state index contributed by atoms with van der Waals surface area (Å²) in [5, 5.41) is 8.91. The van der Waals surface area contributed by atoms with Crippen LogP contribution in [0.15, 0.2) is 18.2 Å². The summed E-state index contributed by atoms with van der Waals surface area (Å²) >= 11 is 5.72. The van der Waals surface area contributed by atoms with Crippen LogP contribution in [0.5, 0.6) is 0 Å². The number of carbonyl (C=O) groups is 1. The van der Waals surface area contributed by atoms with E-state index in [0.717, 1.165) is 0 Å². The average Bonchev–Trinajstić information content (AvgIpc) is 2.14. The van der Waals surface area contributed by atoms with Crippen LogP contribution in [0.3, 0.4) is 0 Å². The molecule has 0 unspecified atom stereocenters. The Labute approximate surface area is 81.1 Å². The molecule has 0 amide bonds. The van der Waals surface area contributed by atoms with Crippen molar-refractivity contribution >= 4 is 17.9 Å². The average molecular weight is 195 g/mol. The second-order valence-corrected chi connectivity index (χ2v) is 2.79. The van der Waals surface area contributed by atoms with Crippen molar-refractivity contribution < 1.29 is 9.90 Å². The lowest BCUT2D eigenvalue weighted by Crippen LogP contribution is -1.83. The molecule has 0 aliphatic carbocycles. The molecular formula is C10H7ClO2. The standard InChI is InChI=1S/C10H7ClO2/c11-10-5-8(2-1-3-12)4-9(6-10)7-13/h4-7,12H,3H2. The molecule has 0 heterocycles. The number of aliphatic hydroxyl groups excluding tert-OH is 1. The summed E-state index contributed by atoms with van der Waals surface area (Å²) in [6.07, 6.45) is 0.704. The Balaban J connectivity index is 3.08. The summed E-state index contributed by atoms with van der Waals surface area (Å²) in [5.74, 6) is 5.14. The molecule has 1 rings (SSSR count). The third-order valence-electron chi connectivity index (χ3n) is 1.37. The minimum Gasteiger partial charge on any atom is -0.384 e. The molecule has 1 aromatic carbocycles. The maximum absolute atomic E-state index is 10.4. The van der Waals surface area contributed by atoms with Gasteiger partial charge in [0.2, 0.25) is 0 Å². The van der Waals surface area contributed by atoms with Crippen molar-refractivity contribution in [3.05, 3.63) is 34.3 Å².